The van der Waals surface area contributed by atoms with Gasteiger partial charge in [0, 0.05) is 18.7 Å². The maximum Gasteiger partial charge on any atom is 0.233 e. The van der Waals surface area contributed by atoms with Crippen molar-refractivity contribution in [2.75, 3.05) is 5.32 Å². The van der Waals surface area contributed by atoms with Gasteiger partial charge in [-0.25, -0.2) is 0 Å². The maximum atomic E-state index is 12.0. The number of hydrogen-bond donors (Lipinski definition) is 1. The maximum absolute atomic E-state index is 12.0. The van der Waals surface area contributed by atoms with Crippen LogP contribution in [0.4, 0.5) is 5.82 Å². The molecule has 0 atom stereocenters. The van der Waals surface area contributed by atoms with Crippen LogP contribution in [0, 0.1) is 13.8 Å². The minimum absolute atomic E-state index is 0.134. The highest BCUT2D eigenvalue weighted by Crippen LogP contribution is 2.18. The third-order valence-electron chi connectivity index (χ3n) is 2.99. The summed E-state index contributed by atoms with van der Waals surface area (Å²) in [7, 11) is 1.82. The fourth-order valence-corrected chi connectivity index (χ4v) is 2.03. The van der Waals surface area contributed by atoms with Crippen molar-refractivity contribution in [1.29, 1.82) is 0 Å². The van der Waals surface area contributed by atoms with Gasteiger partial charge in [0.1, 0.15) is 11.6 Å². The van der Waals surface area contributed by atoms with Crippen LogP contribution in [0.25, 0.3) is 0 Å². The van der Waals surface area contributed by atoms with Gasteiger partial charge in [-0.1, -0.05) is 12.1 Å². The van der Waals surface area contributed by atoms with E-state index in [1.165, 1.54) is 0 Å². The number of rotatable bonds is 4. The van der Waals surface area contributed by atoms with Gasteiger partial charge < -0.3 is 9.84 Å². The van der Waals surface area contributed by atoms with E-state index >= 15 is 0 Å². The molecule has 0 aliphatic carbocycles. The number of nitrogens with zero attached hydrogens (tertiary/aromatic N) is 3. The van der Waals surface area contributed by atoms with Crippen LogP contribution < -0.4 is 5.32 Å². The van der Waals surface area contributed by atoms with Crippen LogP contribution >= 0.6 is 0 Å². The van der Waals surface area contributed by atoms with Crippen molar-refractivity contribution in [3.63, 3.8) is 0 Å². The van der Waals surface area contributed by atoms with E-state index in [1.54, 1.807) is 10.7 Å². The van der Waals surface area contributed by atoms with Gasteiger partial charge in [0.15, 0.2) is 0 Å². The molecule has 0 saturated heterocycles. The Morgan fingerprint density at radius 1 is 1.47 bits per heavy atom. The molecule has 2 aromatic heterocycles. The Balaban J connectivity index is 2.09. The molecule has 6 nitrogen and oxygen atoms in total. The van der Waals surface area contributed by atoms with Crippen molar-refractivity contribution >= 4 is 11.7 Å². The smallest absolute Gasteiger partial charge is 0.233 e. The number of carbonyl (C=O) groups excluding carboxylic acids is 1. The third kappa shape index (κ3) is 2.83. The van der Waals surface area contributed by atoms with Crippen molar-refractivity contribution in [3.05, 3.63) is 28.8 Å². The van der Waals surface area contributed by atoms with E-state index in [0.717, 1.165) is 29.2 Å². The number of aryl methyl sites for hydroxylation is 3. The SMILES string of the molecule is CCc1nn(C)c(NC(=O)Cc2cc(C)no2)c1C. The fourth-order valence-electron chi connectivity index (χ4n) is 2.03. The highest BCUT2D eigenvalue weighted by Gasteiger charge is 2.15. The van der Waals surface area contributed by atoms with E-state index in [0.29, 0.717) is 5.76 Å². The Morgan fingerprint density at radius 2 is 2.21 bits per heavy atom. The first-order valence-corrected chi connectivity index (χ1v) is 6.25. The first-order chi connectivity index (χ1) is 9.01. The van der Waals surface area contributed by atoms with Crippen LogP contribution in [-0.4, -0.2) is 20.8 Å². The molecule has 6 heteroatoms. The summed E-state index contributed by atoms with van der Waals surface area (Å²) in [4.78, 5) is 12.0. The molecule has 1 N–H and O–H groups in total. The molecule has 0 fully saturated rings. The zero-order valence-corrected chi connectivity index (χ0v) is 11.6. The normalized spacial score (nSPS) is 10.7. The second-order valence-corrected chi connectivity index (χ2v) is 4.56. The van der Waals surface area contributed by atoms with Crippen LogP contribution in [0.2, 0.25) is 0 Å². The van der Waals surface area contributed by atoms with Crippen molar-refractivity contribution in [1.82, 2.24) is 14.9 Å². The summed E-state index contributed by atoms with van der Waals surface area (Å²) < 4.78 is 6.72. The number of hydrogen-bond acceptors (Lipinski definition) is 4. The minimum atomic E-state index is -0.134. The van der Waals surface area contributed by atoms with Gasteiger partial charge in [0.25, 0.3) is 0 Å². The van der Waals surface area contributed by atoms with Crippen LogP contribution in [-0.2, 0) is 24.7 Å². The summed E-state index contributed by atoms with van der Waals surface area (Å²) in [5, 5.41) is 11.0. The summed E-state index contributed by atoms with van der Waals surface area (Å²) in [5.41, 5.74) is 2.77. The minimum Gasteiger partial charge on any atom is -0.361 e. The molecule has 102 valence electrons. The number of nitrogens with one attached hydrogen (secondary N) is 1. The molecule has 0 unspecified atom stereocenters. The summed E-state index contributed by atoms with van der Waals surface area (Å²) in [6, 6.07) is 1.76. The number of carbonyl (C=O) groups is 1. The Labute approximate surface area is 111 Å². The predicted octanol–water partition coefficient (Wildman–Crippen LogP) is 1.77. The van der Waals surface area contributed by atoms with Gasteiger partial charge in [-0.15, -0.1) is 0 Å². The Kier molecular flexibility index (Phi) is 3.69. The van der Waals surface area contributed by atoms with Gasteiger partial charge in [-0.05, 0) is 20.3 Å². The summed E-state index contributed by atoms with van der Waals surface area (Å²) in [5.74, 6) is 1.16. The molecule has 0 bridgehead atoms. The Hall–Kier alpha value is -2.11. The first kappa shape index (κ1) is 13.3. The predicted molar refractivity (Wildman–Crippen MR) is 70.9 cm³/mol. The lowest BCUT2D eigenvalue weighted by molar-refractivity contribution is -0.115. The van der Waals surface area contributed by atoms with E-state index in [1.807, 2.05) is 27.8 Å². The van der Waals surface area contributed by atoms with E-state index in [-0.39, 0.29) is 12.3 Å². The molecule has 19 heavy (non-hydrogen) atoms. The average Bonchev–Trinajstić information content (AvgIpc) is 2.87. The van der Waals surface area contributed by atoms with Gasteiger partial charge in [0.05, 0.1) is 17.8 Å². The highest BCUT2D eigenvalue weighted by molar-refractivity contribution is 5.91. The van der Waals surface area contributed by atoms with Gasteiger partial charge in [-0.3, -0.25) is 9.48 Å². The van der Waals surface area contributed by atoms with Crippen molar-refractivity contribution in [2.24, 2.45) is 7.05 Å². The Morgan fingerprint density at radius 3 is 2.74 bits per heavy atom. The Bertz CT molecular complexity index is 598. The molecule has 0 aromatic carbocycles. The van der Waals surface area contributed by atoms with E-state index in [9.17, 15) is 4.79 Å². The first-order valence-electron chi connectivity index (χ1n) is 6.25. The van der Waals surface area contributed by atoms with Crippen LogP contribution in [0.15, 0.2) is 10.6 Å². The van der Waals surface area contributed by atoms with Gasteiger partial charge in [0.2, 0.25) is 5.91 Å². The number of anilines is 1. The zero-order valence-electron chi connectivity index (χ0n) is 11.6. The van der Waals surface area contributed by atoms with E-state index in [2.05, 4.69) is 15.6 Å². The monoisotopic (exact) mass is 262 g/mol. The fraction of sp³-hybridized carbons (Fsp3) is 0.462. The molecule has 2 heterocycles. The molecule has 0 radical (unpaired) electrons. The largest absolute Gasteiger partial charge is 0.361 e. The molecule has 2 rings (SSSR count). The summed E-state index contributed by atoms with van der Waals surface area (Å²) >= 11 is 0. The molecule has 0 aliphatic rings. The standard InChI is InChI=1S/C13H18N4O2/c1-5-11-9(3)13(17(4)15-11)14-12(18)7-10-6-8(2)16-19-10/h6H,5,7H2,1-4H3,(H,14,18). The van der Waals surface area contributed by atoms with Gasteiger partial charge >= 0.3 is 0 Å². The molecule has 0 aliphatic heterocycles. The van der Waals surface area contributed by atoms with Crippen LogP contribution in [0.3, 0.4) is 0 Å². The quantitative estimate of drug-likeness (QED) is 0.911. The molecule has 2 aromatic rings. The zero-order chi connectivity index (χ0) is 14.0. The molecular formula is C13H18N4O2. The molecule has 1 amide bonds. The molecular weight excluding hydrogens is 244 g/mol. The second kappa shape index (κ2) is 5.26. The summed E-state index contributed by atoms with van der Waals surface area (Å²) in [6.45, 7) is 5.82. The summed E-state index contributed by atoms with van der Waals surface area (Å²) in [6.07, 6.45) is 1.02. The topological polar surface area (TPSA) is 73.0 Å². The number of amides is 1. The van der Waals surface area contributed by atoms with Crippen molar-refractivity contribution in [2.45, 2.75) is 33.6 Å². The van der Waals surface area contributed by atoms with E-state index < -0.39 is 0 Å². The van der Waals surface area contributed by atoms with E-state index in [4.69, 9.17) is 4.52 Å². The van der Waals surface area contributed by atoms with Crippen molar-refractivity contribution < 1.29 is 9.32 Å². The number of aromatic nitrogens is 3. The average molecular weight is 262 g/mol. The third-order valence-corrected chi connectivity index (χ3v) is 2.99. The molecule has 0 spiro atoms. The van der Waals surface area contributed by atoms with Crippen LogP contribution in [0.5, 0.6) is 0 Å². The highest BCUT2D eigenvalue weighted by atomic mass is 16.5. The molecule has 0 saturated carbocycles. The lowest BCUT2D eigenvalue weighted by atomic mass is 10.2. The lowest BCUT2D eigenvalue weighted by Crippen LogP contribution is -2.17. The van der Waals surface area contributed by atoms with Crippen LogP contribution in [0.1, 0.15) is 29.6 Å². The van der Waals surface area contributed by atoms with Gasteiger partial charge in [-0.2, -0.15) is 5.10 Å². The van der Waals surface area contributed by atoms with Crippen molar-refractivity contribution in [3.8, 4) is 0 Å². The lowest BCUT2D eigenvalue weighted by Gasteiger charge is -2.05. The second-order valence-electron chi connectivity index (χ2n) is 4.56.